The molecule has 1 aromatic carbocycles. The standard InChI is InChI=1S/C14H18Cl2N2/c15-10-1-4-14(16)9(5-10)8-18-12-2-3-13(18)7-11(17)6-12/h1,4-5,11-13H,2-3,6-8,17H2. The monoisotopic (exact) mass is 284 g/mol. The van der Waals surface area contributed by atoms with Gasteiger partial charge in [-0.1, -0.05) is 23.2 Å². The molecule has 4 heteroatoms. The largest absolute Gasteiger partial charge is 0.328 e. The van der Waals surface area contributed by atoms with Crippen molar-refractivity contribution >= 4 is 23.2 Å². The molecule has 2 aliphatic heterocycles. The molecule has 2 fully saturated rings. The smallest absolute Gasteiger partial charge is 0.0452 e. The summed E-state index contributed by atoms with van der Waals surface area (Å²) < 4.78 is 0. The summed E-state index contributed by atoms with van der Waals surface area (Å²) in [7, 11) is 0. The van der Waals surface area contributed by atoms with Crippen molar-refractivity contribution < 1.29 is 0 Å². The second-order valence-corrected chi connectivity index (χ2v) is 6.37. The molecule has 2 N–H and O–H groups in total. The molecule has 2 nitrogen and oxygen atoms in total. The van der Waals surface area contributed by atoms with Gasteiger partial charge in [-0.15, -0.1) is 0 Å². The highest BCUT2D eigenvalue weighted by Crippen LogP contribution is 2.37. The fourth-order valence-electron chi connectivity index (χ4n) is 3.44. The van der Waals surface area contributed by atoms with Gasteiger partial charge in [-0.25, -0.2) is 0 Å². The first-order valence-corrected chi connectivity index (χ1v) is 7.34. The SMILES string of the molecule is NC1CC2CCC(C1)N2Cc1cc(Cl)ccc1Cl. The Balaban J connectivity index is 1.79. The van der Waals surface area contributed by atoms with Gasteiger partial charge in [-0.3, -0.25) is 4.90 Å². The molecule has 3 rings (SSSR count). The van der Waals surface area contributed by atoms with Crippen molar-refractivity contribution in [1.82, 2.24) is 4.90 Å². The number of halogens is 2. The van der Waals surface area contributed by atoms with E-state index in [1.165, 1.54) is 12.8 Å². The van der Waals surface area contributed by atoms with Crippen LogP contribution in [-0.2, 0) is 6.54 Å². The third-order valence-electron chi connectivity index (χ3n) is 4.28. The van der Waals surface area contributed by atoms with Gasteiger partial charge in [0.15, 0.2) is 0 Å². The summed E-state index contributed by atoms with van der Waals surface area (Å²) in [5.41, 5.74) is 7.23. The van der Waals surface area contributed by atoms with Crippen molar-refractivity contribution in [2.45, 2.75) is 50.4 Å². The summed E-state index contributed by atoms with van der Waals surface area (Å²) in [6.45, 7) is 0.904. The van der Waals surface area contributed by atoms with E-state index < -0.39 is 0 Å². The molecule has 0 saturated carbocycles. The Morgan fingerprint density at radius 1 is 1.17 bits per heavy atom. The predicted octanol–water partition coefficient (Wildman–Crippen LogP) is 3.45. The first-order valence-electron chi connectivity index (χ1n) is 6.59. The Kier molecular flexibility index (Phi) is 3.55. The Morgan fingerprint density at radius 2 is 1.83 bits per heavy atom. The number of rotatable bonds is 2. The maximum Gasteiger partial charge on any atom is 0.0452 e. The van der Waals surface area contributed by atoms with E-state index in [1.807, 2.05) is 18.2 Å². The molecule has 2 atom stereocenters. The Bertz CT molecular complexity index is 435. The van der Waals surface area contributed by atoms with Gasteiger partial charge in [0.05, 0.1) is 0 Å². The molecule has 2 saturated heterocycles. The summed E-state index contributed by atoms with van der Waals surface area (Å²) in [5.74, 6) is 0. The molecule has 0 aromatic heterocycles. The molecule has 0 aliphatic carbocycles. The third-order valence-corrected chi connectivity index (χ3v) is 4.89. The molecular formula is C14H18Cl2N2. The van der Waals surface area contributed by atoms with Crippen LogP contribution in [-0.4, -0.2) is 23.0 Å². The minimum absolute atomic E-state index is 0.383. The van der Waals surface area contributed by atoms with Crippen LogP contribution in [0.2, 0.25) is 10.0 Å². The van der Waals surface area contributed by atoms with Gasteiger partial charge in [0.2, 0.25) is 0 Å². The van der Waals surface area contributed by atoms with E-state index in [-0.39, 0.29) is 0 Å². The third kappa shape index (κ3) is 2.39. The zero-order chi connectivity index (χ0) is 12.7. The lowest BCUT2D eigenvalue weighted by molar-refractivity contribution is 0.120. The van der Waals surface area contributed by atoms with Crippen LogP contribution < -0.4 is 5.73 Å². The van der Waals surface area contributed by atoms with Gasteiger partial charge < -0.3 is 5.73 Å². The van der Waals surface area contributed by atoms with Crippen molar-refractivity contribution in [3.8, 4) is 0 Å². The number of hydrogen-bond donors (Lipinski definition) is 1. The molecular weight excluding hydrogens is 267 g/mol. The second kappa shape index (κ2) is 5.01. The summed E-state index contributed by atoms with van der Waals surface area (Å²) >= 11 is 12.3. The Hall–Kier alpha value is -0.280. The summed E-state index contributed by atoms with van der Waals surface area (Å²) in [4.78, 5) is 2.57. The van der Waals surface area contributed by atoms with Crippen molar-refractivity contribution in [1.29, 1.82) is 0 Å². The Labute approximate surface area is 118 Å². The molecule has 2 aliphatic rings. The average Bonchev–Trinajstić information content (AvgIpc) is 2.57. The van der Waals surface area contributed by atoms with E-state index in [0.29, 0.717) is 18.1 Å². The van der Waals surface area contributed by atoms with Crippen LogP contribution in [0.25, 0.3) is 0 Å². The van der Waals surface area contributed by atoms with Crippen LogP contribution >= 0.6 is 23.2 Å². The van der Waals surface area contributed by atoms with Gasteiger partial charge in [0.25, 0.3) is 0 Å². The van der Waals surface area contributed by atoms with Crippen LogP contribution in [0.4, 0.5) is 0 Å². The predicted molar refractivity (Wildman–Crippen MR) is 76.0 cm³/mol. The maximum atomic E-state index is 6.25. The molecule has 2 bridgehead atoms. The zero-order valence-corrected chi connectivity index (χ0v) is 11.8. The van der Waals surface area contributed by atoms with E-state index in [2.05, 4.69) is 4.90 Å². The van der Waals surface area contributed by atoms with E-state index in [9.17, 15) is 0 Å². The molecule has 2 heterocycles. The van der Waals surface area contributed by atoms with Crippen molar-refractivity contribution in [3.05, 3.63) is 33.8 Å². The highest BCUT2D eigenvalue weighted by Gasteiger charge is 2.39. The highest BCUT2D eigenvalue weighted by molar-refractivity contribution is 6.33. The quantitative estimate of drug-likeness (QED) is 0.901. The summed E-state index contributed by atoms with van der Waals surface area (Å²) in [5, 5.41) is 1.57. The minimum Gasteiger partial charge on any atom is -0.328 e. The van der Waals surface area contributed by atoms with Crippen LogP contribution in [0.3, 0.4) is 0 Å². The van der Waals surface area contributed by atoms with Crippen molar-refractivity contribution in [2.24, 2.45) is 5.73 Å². The summed E-state index contributed by atoms with van der Waals surface area (Å²) in [6, 6.07) is 7.36. The lowest BCUT2D eigenvalue weighted by Gasteiger charge is -2.37. The first kappa shape index (κ1) is 12.7. The number of fused-ring (bicyclic) bond motifs is 2. The average molecular weight is 285 g/mol. The molecule has 0 radical (unpaired) electrons. The molecule has 18 heavy (non-hydrogen) atoms. The maximum absolute atomic E-state index is 6.25. The normalized spacial score (nSPS) is 31.8. The number of nitrogens with two attached hydrogens (primary N) is 1. The van der Waals surface area contributed by atoms with E-state index >= 15 is 0 Å². The Morgan fingerprint density at radius 3 is 2.50 bits per heavy atom. The number of nitrogens with zero attached hydrogens (tertiary/aromatic N) is 1. The fourth-order valence-corrected chi connectivity index (χ4v) is 3.81. The summed E-state index contributed by atoms with van der Waals surface area (Å²) in [6.07, 6.45) is 4.79. The van der Waals surface area contributed by atoms with Crippen LogP contribution in [0, 0.1) is 0 Å². The fraction of sp³-hybridized carbons (Fsp3) is 0.571. The topological polar surface area (TPSA) is 29.3 Å². The van der Waals surface area contributed by atoms with Gasteiger partial charge in [-0.05, 0) is 49.4 Å². The number of piperidine rings is 1. The first-order chi connectivity index (χ1) is 8.63. The second-order valence-electron chi connectivity index (χ2n) is 5.52. The van der Waals surface area contributed by atoms with Gasteiger partial charge >= 0.3 is 0 Å². The lowest BCUT2D eigenvalue weighted by Crippen LogP contribution is -2.46. The molecule has 0 amide bonds. The number of hydrogen-bond acceptors (Lipinski definition) is 2. The molecule has 1 aromatic rings. The zero-order valence-electron chi connectivity index (χ0n) is 10.3. The molecule has 2 unspecified atom stereocenters. The van der Waals surface area contributed by atoms with Gasteiger partial charge in [0.1, 0.15) is 0 Å². The van der Waals surface area contributed by atoms with Crippen molar-refractivity contribution in [2.75, 3.05) is 0 Å². The molecule has 0 spiro atoms. The van der Waals surface area contributed by atoms with Crippen LogP contribution in [0.15, 0.2) is 18.2 Å². The highest BCUT2D eigenvalue weighted by atomic mass is 35.5. The minimum atomic E-state index is 0.383. The van der Waals surface area contributed by atoms with E-state index in [1.54, 1.807) is 0 Å². The van der Waals surface area contributed by atoms with Crippen molar-refractivity contribution in [3.63, 3.8) is 0 Å². The van der Waals surface area contributed by atoms with Gasteiger partial charge in [-0.2, -0.15) is 0 Å². The van der Waals surface area contributed by atoms with Crippen LogP contribution in [0.1, 0.15) is 31.2 Å². The number of benzene rings is 1. The van der Waals surface area contributed by atoms with Gasteiger partial charge in [0, 0.05) is 34.7 Å². The van der Waals surface area contributed by atoms with E-state index in [4.69, 9.17) is 28.9 Å². The lowest BCUT2D eigenvalue weighted by atomic mass is 9.97. The van der Waals surface area contributed by atoms with E-state index in [0.717, 1.165) is 35.0 Å². The van der Waals surface area contributed by atoms with Crippen LogP contribution in [0.5, 0.6) is 0 Å². The molecule has 98 valence electrons.